The first kappa shape index (κ1) is 24.4. The van der Waals surface area contributed by atoms with Crippen LogP contribution in [-0.2, 0) is 26.1 Å². The second-order valence-corrected chi connectivity index (χ2v) is 10.3. The number of esters is 1. The van der Waals surface area contributed by atoms with E-state index in [1.54, 1.807) is 35.8 Å². The fourth-order valence-corrected chi connectivity index (χ4v) is 5.53. The number of nitrogens with one attached hydrogen (secondary N) is 1. The van der Waals surface area contributed by atoms with Gasteiger partial charge in [-0.15, -0.1) is 0 Å². The van der Waals surface area contributed by atoms with Crippen LogP contribution in [0.1, 0.15) is 22.8 Å². The largest absolute Gasteiger partial charge is 0.465 e. The van der Waals surface area contributed by atoms with Crippen LogP contribution in [0.4, 0.5) is 5.69 Å². The highest BCUT2D eigenvalue weighted by Gasteiger charge is 2.19. The maximum absolute atomic E-state index is 13.2. The van der Waals surface area contributed by atoms with Gasteiger partial charge in [0.25, 0.3) is 15.9 Å². The number of para-hydroxylation sites is 2. The summed E-state index contributed by atoms with van der Waals surface area (Å²) in [6.07, 6.45) is 0. The summed E-state index contributed by atoms with van der Waals surface area (Å²) in [6.45, 7) is 3.71. The zero-order chi connectivity index (χ0) is 25.0. The van der Waals surface area contributed by atoms with Gasteiger partial charge in [-0.1, -0.05) is 53.3 Å². The molecule has 4 aromatic rings. The molecule has 8 nitrogen and oxygen atoms in total. The van der Waals surface area contributed by atoms with Crippen LogP contribution in [0, 0.1) is 6.92 Å². The van der Waals surface area contributed by atoms with Crippen molar-refractivity contribution in [3.63, 3.8) is 0 Å². The van der Waals surface area contributed by atoms with Crippen LogP contribution in [0.5, 0.6) is 0 Å². The first-order valence-corrected chi connectivity index (χ1v) is 13.1. The minimum Gasteiger partial charge on any atom is -0.465 e. The molecule has 4 rings (SSSR count). The minimum atomic E-state index is -3.92. The molecule has 0 bridgehead atoms. The summed E-state index contributed by atoms with van der Waals surface area (Å²) in [5, 5.41) is 0. The number of carbonyl (C=O) groups excluding carboxylic acids is 2. The van der Waals surface area contributed by atoms with Gasteiger partial charge in [-0.2, -0.15) is 4.99 Å². The normalized spacial score (nSPS) is 12.0. The van der Waals surface area contributed by atoms with Crippen LogP contribution in [-0.4, -0.2) is 31.5 Å². The number of rotatable bonds is 7. The average Bonchev–Trinajstić information content (AvgIpc) is 3.16. The zero-order valence-electron chi connectivity index (χ0n) is 19.1. The topological polar surface area (TPSA) is 107 Å². The van der Waals surface area contributed by atoms with Crippen molar-refractivity contribution in [3.05, 3.63) is 88.7 Å². The Morgan fingerprint density at radius 1 is 1.00 bits per heavy atom. The first-order valence-electron chi connectivity index (χ1n) is 10.8. The zero-order valence-corrected chi connectivity index (χ0v) is 20.7. The number of thiazole rings is 1. The summed E-state index contributed by atoms with van der Waals surface area (Å²) in [5.74, 6) is -1.09. The van der Waals surface area contributed by atoms with Crippen molar-refractivity contribution >= 4 is 49.1 Å². The van der Waals surface area contributed by atoms with E-state index in [1.807, 2.05) is 31.2 Å². The third kappa shape index (κ3) is 5.50. The number of fused-ring (bicyclic) bond motifs is 1. The van der Waals surface area contributed by atoms with Crippen molar-refractivity contribution in [2.24, 2.45) is 4.99 Å². The summed E-state index contributed by atoms with van der Waals surface area (Å²) in [7, 11) is -3.92. The summed E-state index contributed by atoms with van der Waals surface area (Å²) >= 11 is 1.25. The first-order chi connectivity index (χ1) is 16.8. The maximum Gasteiger partial charge on any atom is 0.326 e. The number of sulfonamides is 1. The van der Waals surface area contributed by atoms with E-state index in [-0.39, 0.29) is 29.3 Å². The molecule has 10 heteroatoms. The van der Waals surface area contributed by atoms with Crippen molar-refractivity contribution in [2.45, 2.75) is 25.3 Å². The average molecular weight is 510 g/mol. The summed E-state index contributed by atoms with van der Waals surface area (Å²) in [6, 6.07) is 20.1. The van der Waals surface area contributed by atoms with Gasteiger partial charge in [-0.3, -0.25) is 14.3 Å². The van der Waals surface area contributed by atoms with E-state index in [2.05, 4.69) is 9.71 Å². The van der Waals surface area contributed by atoms with Crippen LogP contribution in [0.3, 0.4) is 0 Å². The lowest BCUT2D eigenvalue weighted by molar-refractivity contribution is -0.143. The lowest BCUT2D eigenvalue weighted by Crippen LogP contribution is -2.23. The fourth-order valence-electron chi connectivity index (χ4n) is 3.42. The van der Waals surface area contributed by atoms with Gasteiger partial charge in [-0.05, 0) is 50.2 Å². The Balaban J connectivity index is 1.73. The molecule has 3 aromatic carbocycles. The van der Waals surface area contributed by atoms with E-state index in [4.69, 9.17) is 4.74 Å². The number of hydrogen-bond donors (Lipinski definition) is 1. The van der Waals surface area contributed by atoms with Crippen LogP contribution >= 0.6 is 11.3 Å². The SMILES string of the molecule is CCOC(=O)Cn1c(=NC(=O)c2ccccc2NS(=O)(=O)c2ccc(C)cc2)sc2ccccc21. The Morgan fingerprint density at radius 3 is 2.43 bits per heavy atom. The molecule has 1 aromatic heterocycles. The number of amides is 1. The van der Waals surface area contributed by atoms with Crippen molar-refractivity contribution in [2.75, 3.05) is 11.3 Å². The van der Waals surface area contributed by atoms with Gasteiger partial charge in [-0.25, -0.2) is 8.42 Å². The highest BCUT2D eigenvalue weighted by molar-refractivity contribution is 7.92. The van der Waals surface area contributed by atoms with Gasteiger partial charge in [0.1, 0.15) is 6.54 Å². The van der Waals surface area contributed by atoms with Gasteiger partial charge in [0.2, 0.25) is 0 Å². The Morgan fingerprint density at radius 2 is 1.69 bits per heavy atom. The summed E-state index contributed by atoms with van der Waals surface area (Å²) < 4.78 is 35.8. The Labute approximate surface area is 206 Å². The molecule has 0 aliphatic rings. The van der Waals surface area contributed by atoms with E-state index < -0.39 is 21.9 Å². The number of benzene rings is 3. The molecule has 0 unspecified atom stereocenters. The number of ether oxygens (including phenoxy) is 1. The van der Waals surface area contributed by atoms with Gasteiger partial charge < -0.3 is 9.30 Å². The molecule has 0 saturated carbocycles. The van der Waals surface area contributed by atoms with Crippen LogP contribution in [0.15, 0.2) is 82.7 Å². The van der Waals surface area contributed by atoms with Crippen molar-refractivity contribution in [1.29, 1.82) is 0 Å². The van der Waals surface area contributed by atoms with E-state index in [1.165, 1.54) is 35.6 Å². The molecule has 35 heavy (non-hydrogen) atoms. The monoisotopic (exact) mass is 509 g/mol. The van der Waals surface area contributed by atoms with E-state index in [0.717, 1.165) is 15.8 Å². The van der Waals surface area contributed by atoms with E-state index >= 15 is 0 Å². The Hall–Kier alpha value is -3.76. The lowest BCUT2D eigenvalue weighted by Gasteiger charge is -2.11. The van der Waals surface area contributed by atoms with Gasteiger partial charge in [0.05, 0.1) is 33.0 Å². The second-order valence-electron chi connectivity index (χ2n) is 7.62. The van der Waals surface area contributed by atoms with Crippen molar-refractivity contribution < 1.29 is 22.7 Å². The van der Waals surface area contributed by atoms with E-state index in [0.29, 0.717) is 4.80 Å². The molecular formula is C25H23N3O5S2. The van der Waals surface area contributed by atoms with Gasteiger partial charge >= 0.3 is 5.97 Å². The molecule has 0 fully saturated rings. The third-order valence-electron chi connectivity index (χ3n) is 5.11. The van der Waals surface area contributed by atoms with Crippen molar-refractivity contribution in [1.82, 2.24) is 4.57 Å². The van der Waals surface area contributed by atoms with Gasteiger partial charge in [0.15, 0.2) is 4.80 Å². The summed E-state index contributed by atoms with van der Waals surface area (Å²) in [5.41, 5.74) is 1.87. The van der Waals surface area contributed by atoms with Crippen molar-refractivity contribution in [3.8, 4) is 0 Å². The molecule has 0 atom stereocenters. The summed E-state index contributed by atoms with van der Waals surface area (Å²) in [4.78, 5) is 30.0. The number of anilines is 1. The predicted molar refractivity (Wildman–Crippen MR) is 135 cm³/mol. The van der Waals surface area contributed by atoms with Crippen LogP contribution < -0.4 is 9.52 Å². The van der Waals surface area contributed by atoms with E-state index in [9.17, 15) is 18.0 Å². The maximum atomic E-state index is 13.2. The number of aromatic nitrogens is 1. The lowest BCUT2D eigenvalue weighted by atomic mass is 10.2. The second kappa shape index (κ2) is 10.2. The molecule has 1 heterocycles. The van der Waals surface area contributed by atoms with Gasteiger partial charge in [0, 0.05) is 0 Å². The van der Waals surface area contributed by atoms with Crippen LogP contribution in [0.25, 0.3) is 10.2 Å². The molecular weight excluding hydrogens is 486 g/mol. The third-order valence-corrected chi connectivity index (χ3v) is 7.55. The minimum absolute atomic E-state index is 0.0825. The molecule has 1 N–H and O–H groups in total. The molecule has 0 saturated heterocycles. The predicted octanol–water partition coefficient (Wildman–Crippen LogP) is 4.12. The highest BCUT2D eigenvalue weighted by Crippen LogP contribution is 2.22. The number of carbonyl (C=O) groups is 2. The standard InChI is InChI=1S/C25H23N3O5S2/c1-3-33-23(29)16-28-21-10-6-7-11-22(21)34-25(28)26-24(30)19-8-4-5-9-20(19)27-35(31,32)18-14-12-17(2)13-15-18/h4-15,27H,3,16H2,1-2H3. The molecule has 0 spiro atoms. The van der Waals surface area contributed by atoms with Crippen LogP contribution in [0.2, 0.25) is 0 Å². The Bertz CT molecular complexity index is 1570. The molecule has 1 amide bonds. The number of nitrogens with zero attached hydrogens (tertiary/aromatic N) is 2. The highest BCUT2D eigenvalue weighted by atomic mass is 32.2. The Kier molecular flexibility index (Phi) is 7.13. The molecule has 0 aliphatic carbocycles. The molecule has 180 valence electrons. The number of aryl methyl sites for hydroxylation is 1. The molecule has 0 aliphatic heterocycles. The smallest absolute Gasteiger partial charge is 0.326 e. The number of hydrogen-bond acceptors (Lipinski definition) is 6. The quantitative estimate of drug-likeness (QED) is 0.377. The fraction of sp³-hybridized carbons (Fsp3) is 0.160. The molecule has 0 radical (unpaired) electrons.